The molecule has 0 saturated carbocycles. The highest BCUT2D eigenvalue weighted by molar-refractivity contribution is 5.79. The fraction of sp³-hybridized carbons (Fsp3) is 0.500. The average molecular weight is 250 g/mol. The minimum Gasteiger partial charge on any atom is -0.409 e. The van der Waals surface area contributed by atoms with Crippen molar-refractivity contribution >= 4 is 11.7 Å². The van der Waals surface area contributed by atoms with Gasteiger partial charge in [0.25, 0.3) is 0 Å². The zero-order chi connectivity index (χ0) is 12.8. The number of hydrogen-bond donors (Lipinski definition) is 3. The van der Waals surface area contributed by atoms with E-state index in [-0.39, 0.29) is 5.84 Å². The molecule has 1 aromatic heterocycles. The zero-order valence-corrected chi connectivity index (χ0v) is 10.2. The molecule has 18 heavy (non-hydrogen) atoms. The fourth-order valence-electron chi connectivity index (χ4n) is 1.86. The minimum atomic E-state index is 0.260. The molecule has 0 atom stereocenters. The van der Waals surface area contributed by atoms with E-state index in [0.29, 0.717) is 19.6 Å². The highest BCUT2D eigenvalue weighted by Gasteiger charge is 2.09. The van der Waals surface area contributed by atoms with Crippen LogP contribution < -0.4 is 11.1 Å². The molecule has 0 spiro atoms. The Morgan fingerprint density at radius 1 is 1.56 bits per heavy atom. The number of ether oxygens (including phenoxy) is 1. The molecular weight excluding hydrogens is 232 g/mol. The number of aromatic nitrogens is 1. The predicted octanol–water partition coefficient (Wildman–Crippen LogP) is 1.09. The molecule has 0 amide bonds. The van der Waals surface area contributed by atoms with E-state index in [2.05, 4.69) is 15.5 Å². The summed E-state index contributed by atoms with van der Waals surface area (Å²) in [4.78, 5) is 4.56. The second-order valence-electron chi connectivity index (χ2n) is 4.23. The zero-order valence-electron chi connectivity index (χ0n) is 10.2. The molecule has 0 radical (unpaired) electrons. The van der Waals surface area contributed by atoms with E-state index in [4.69, 9.17) is 15.7 Å². The van der Waals surface area contributed by atoms with Crippen LogP contribution in [0.3, 0.4) is 0 Å². The summed E-state index contributed by atoms with van der Waals surface area (Å²) >= 11 is 0. The topological polar surface area (TPSA) is 92.8 Å². The number of oxime groups is 1. The lowest BCUT2D eigenvalue weighted by atomic mass is 10.1. The molecule has 0 aliphatic carbocycles. The summed E-state index contributed by atoms with van der Waals surface area (Å²) in [5, 5.41) is 14.6. The molecule has 2 heterocycles. The van der Waals surface area contributed by atoms with E-state index < -0.39 is 0 Å². The Morgan fingerprint density at radius 3 is 3.28 bits per heavy atom. The number of nitrogens with two attached hydrogens (primary N) is 1. The van der Waals surface area contributed by atoms with Crippen molar-refractivity contribution in [2.45, 2.75) is 25.9 Å². The van der Waals surface area contributed by atoms with Crippen LogP contribution in [0.5, 0.6) is 0 Å². The molecule has 0 saturated heterocycles. The quantitative estimate of drug-likeness (QED) is 0.322. The molecule has 1 aliphatic heterocycles. The van der Waals surface area contributed by atoms with Gasteiger partial charge < -0.3 is 21.0 Å². The van der Waals surface area contributed by atoms with Gasteiger partial charge in [0.15, 0.2) is 0 Å². The number of nitrogens with zero attached hydrogens (tertiary/aromatic N) is 2. The van der Waals surface area contributed by atoms with Gasteiger partial charge >= 0.3 is 0 Å². The van der Waals surface area contributed by atoms with Crippen LogP contribution in [-0.4, -0.2) is 29.2 Å². The first-order valence-corrected chi connectivity index (χ1v) is 6.06. The van der Waals surface area contributed by atoms with Crippen molar-refractivity contribution in [3.63, 3.8) is 0 Å². The number of pyridine rings is 1. The third kappa shape index (κ3) is 3.33. The average Bonchev–Trinajstić information content (AvgIpc) is 2.63. The second-order valence-corrected chi connectivity index (χ2v) is 4.23. The molecule has 6 heteroatoms. The van der Waals surface area contributed by atoms with Gasteiger partial charge in [0.05, 0.1) is 13.2 Å². The van der Waals surface area contributed by atoms with Crippen molar-refractivity contribution in [2.24, 2.45) is 10.9 Å². The molecule has 0 unspecified atom stereocenters. The summed E-state index contributed by atoms with van der Waals surface area (Å²) in [6, 6.07) is 4.04. The summed E-state index contributed by atoms with van der Waals surface area (Å²) in [5.74, 6) is 1.17. The maximum Gasteiger partial charge on any atom is 0.139 e. The predicted molar refractivity (Wildman–Crippen MR) is 68.7 cm³/mol. The first kappa shape index (κ1) is 12.6. The number of fused-ring (bicyclic) bond motifs is 1. The van der Waals surface area contributed by atoms with E-state index in [1.165, 1.54) is 0 Å². The summed E-state index contributed by atoms with van der Waals surface area (Å²) < 4.78 is 5.43. The Bertz CT molecular complexity index is 434. The number of anilines is 1. The van der Waals surface area contributed by atoms with E-state index in [1.807, 2.05) is 12.1 Å². The monoisotopic (exact) mass is 250 g/mol. The molecule has 98 valence electrons. The van der Waals surface area contributed by atoms with Gasteiger partial charge in [-0.05, 0) is 18.9 Å². The van der Waals surface area contributed by atoms with Crippen molar-refractivity contribution in [3.05, 3.63) is 23.4 Å². The van der Waals surface area contributed by atoms with Crippen LogP contribution in [-0.2, 0) is 17.8 Å². The Morgan fingerprint density at radius 2 is 2.44 bits per heavy atom. The summed E-state index contributed by atoms with van der Waals surface area (Å²) in [5.41, 5.74) is 7.52. The number of aryl methyl sites for hydroxylation is 1. The van der Waals surface area contributed by atoms with E-state index in [0.717, 1.165) is 36.5 Å². The van der Waals surface area contributed by atoms with E-state index >= 15 is 0 Å². The number of hydrogen-bond acceptors (Lipinski definition) is 5. The molecule has 0 aromatic carbocycles. The van der Waals surface area contributed by atoms with Crippen molar-refractivity contribution in [1.82, 2.24) is 4.98 Å². The number of rotatable bonds is 4. The van der Waals surface area contributed by atoms with Crippen molar-refractivity contribution in [3.8, 4) is 0 Å². The Hall–Kier alpha value is -1.82. The van der Waals surface area contributed by atoms with Gasteiger partial charge in [-0.2, -0.15) is 0 Å². The highest BCUT2D eigenvalue weighted by Crippen LogP contribution is 2.17. The summed E-state index contributed by atoms with van der Waals surface area (Å²) in [6.45, 7) is 2.10. The Kier molecular flexibility index (Phi) is 4.35. The van der Waals surface area contributed by atoms with Crippen LogP contribution in [0.4, 0.5) is 5.82 Å². The fourth-order valence-corrected chi connectivity index (χ4v) is 1.86. The van der Waals surface area contributed by atoms with Gasteiger partial charge in [0.2, 0.25) is 0 Å². The molecule has 0 fully saturated rings. The van der Waals surface area contributed by atoms with Crippen LogP contribution in [0.2, 0.25) is 0 Å². The molecule has 2 rings (SSSR count). The van der Waals surface area contributed by atoms with Gasteiger partial charge in [-0.25, -0.2) is 4.98 Å². The molecule has 1 aliphatic rings. The van der Waals surface area contributed by atoms with E-state index in [1.54, 1.807) is 0 Å². The van der Waals surface area contributed by atoms with Gasteiger partial charge in [-0.3, -0.25) is 0 Å². The minimum absolute atomic E-state index is 0.260. The molecular formula is C12H18N4O2. The van der Waals surface area contributed by atoms with Gasteiger partial charge in [-0.1, -0.05) is 11.2 Å². The third-order valence-electron chi connectivity index (χ3n) is 2.83. The normalized spacial score (nSPS) is 15.7. The standard InChI is InChI=1S/C12H18N4O2/c13-11(16-17)3-1-2-10-5-4-9-8-18-7-6-14-12(9)15-10/h4-5,17H,1-3,6-8H2,(H2,13,16)(H,14,15). The van der Waals surface area contributed by atoms with Crippen molar-refractivity contribution in [2.75, 3.05) is 18.5 Å². The lowest BCUT2D eigenvalue weighted by Gasteiger charge is -2.08. The van der Waals surface area contributed by atoms with Crippen LogP contribution in [0.1, 0.15) is 24.1 Å². The second kappa shape index (κ2) is 6.20. The van der Waals surface area contributed by atoms with Crippen LogP contribution in [0.15, 0.2) is 17.3 Å². The van der Waals surface area contributed by atoms with Crippen LogP contribution >= 0.6 is 0 Å². The van der Waals surface area contributed by atoms with Gasteiger partial charge in [0, 0.05) is 24.2 Å². The molecule has 1 aromatic rings. The molecule has 6 nitrogen and oxygen atoms in total. The van der Waals surface area contributed by atoms with Crippen LogP contribution in [0, 0.1) is 0 Å². The van der Waals surface area contributed by atoms with Gasteiger partial charge in [-0.15, -0.1) is 0 Å². The van der Waals surface area contributed by atoms with Crippen molar-refractivity contribution in [1.29, 1.82) is 0 Å². The summed E-state index contributed by atoms with van der Waals surface area (Å²) in [7, 11) is 0. The SMILES string of the molecule is N/C(CCCc1ccc2c(n1)NCCOC2)=N\O. The van der Waals surface area contributed by atoms with E-state index in [9.17, 15) is 0 Å². The molecule has 0 bridgehead atoms. The lowest BCUT2D eigenvalue weighted by molar-refractivity contribution is 0.134. The third-order valence-corrected chi connectivity index (χ3v) is 2.83. The highest BCUT2D eigenvalue weighted by atomic mass is 16.5. The summed E-state index contributed by atoms with van der Waals surface area (Å²) in [6.07, 6.45) is 2.20. The Labute approximate surface area is 106 Å². The number of amidine groups is 1. The smallest absolute Gasteiger partial charge is 0.139 e. The first-order valence-electron chi connectivity index (χ1n) is 6.06. The lowest BCUT2D eigenvalue weighted by Crippen LogP contribution is -2.11. The molecule has 4 N–H and O–H groups in total. The van der Waals surface area contributed by atoms with Gasteiger partial charge in [0.1, 0.15) is 11.7 Å². The van der Waals surface area contributed by atoms with Crippen molar-refractivity contribution < 1.29 is 9.94 Å². The van der Waals surface area contributed by atoms with Crippen LogP contribution in [0.25, 0.3) is 0 Å². The first-order chi connectivity index (χ1) is 8.79. The number of nitrogens with one attached hydrogen (secondary N) is 1. The Balaban J connectivity index is 1.95. The maximum absolute atomic E-state index is 8.44. The largest absolute Gasteiger partial charge is 0.409 e. The maximum atomic E-state index is 8.44.